The average Bonchev–Trinajstić information content (AvgIpc) is 2.81. The maximum Gasteiger partial charge on any atom is 0.214 e. The lowest BCUT2D eigenvalue weighted by Gasteiger charge is -2.20. The number of aromatic nitrogens is 3. The van der Waals surface area contributed by atoms with E-state index in [2.05, 4.69) is 15.6 Å². The fraction of sp³-hybridized carbons (Fsp3) is 0.167. The number of halogens is 2. The minimum Gasteiger partial charge on any atom is -0.321 e. The lowest BCUT2D eigenvalue weighted by molar-refractivity contribution is 0.678. The van der Waals surface area contributed by atoms with Crippen LogP contribution in [0.4, 0.5) is 0 Å². The largest absolute Gasteiger partial charge is 0.321 e. The molecule has 0 unspecified atom stereocenters. The van der Waals surface area contributed by atoms with Gasteiger partial charge >= 0.3 is 0 Å². The van der Waals surface area contributed by atoms with Crippen LogP contribution in [0.15, 0.2) is 28.8 Å². The van der Waals surface area contributed by atoms with Crippen LogP contribution in [-0.2, 0) is 0 Å². The molecule has 3 N–H and O–H groups in total. The minimum atomic E-state index is -0.218. The third-order valence-corrected chi connectivity index (χ3v) is 4.18. The molecule has 104 valence electrons. The number of hydrogen-bond acceptors (Lipinski definition) is 5. The summed E-state index contributed by atoms with van der Waals surface area (Å²) in [5.74, 6) is 0.670. The third kappa shape index (κ3) is 2.40. The monoisotopic (exact) mass is 327 g/mol. The highest BCUT2D eigenvalue weighted by atomic mass is 35.5. The van der Waals surface area contributed by atoms with Crippen LogP contribution in [0.2, 0.25) is 10.0 Å². The van der Waals surface area contributed by atoms with Gasteiger partial charge in [0, 0.05) is 16.0 Å². The van der Waals surface area contributed by atoms with E-state index in [0.717, 1.165) is 16.4 Å². The summed E-state index contributed by atoms with van der Waals surface area (Å²) in [4.78, 5) is 0. The number of hydrogen-bond donors (Lipinski definition) is 2. The molecule has 1 atom stereocenters. The van der Waals surface area contributed by atoms with Gasteiger partial charge in [-0.3, -0.25) is 5.43 Å². The molecule has 1 aromatic carbocycles. The van der Waals surface area contributed by atoms with E-state index < -0.39 is 0 Å². The van der Waals surface area contributed by atoms with Crippen LogP contribution in [0, 0.1) is 0 Å². The Morgan fingerprint density at radius 2 is 2.15 bits per heavy atom. The lowest BCUT2D eigenvalue weighted by atomic mass is 10.2. The van der Waals surface area contributed by atoms with E-state index in [4.69, 9.17) is 28.9 Å². The summed E-state index contributed by atoms with van der Waals surface area (Å²) in [5, 5.41) is 12.0. The van der Waals surface area contributed by atoms with Crippen molar-refractivity contribution in [1.82, 2.24) is 14.9 Å². The summed E-state index contributed by atoms with van der Waals surface area (Å²) in [6.45, 7) is 1.86. The van der Waals surface area contributed by atoms with Crippen LogP contribution >= 0.6 is 35.0 Å². The topological polar surface area (TPSA) is 68.8 Å². The highest BCUT2D eigenvalue weighted by Gasteiger charge is 2.21. The Bertz CT molecular complexity index is 695. The van der Waals surface area contributed by atoms with Crippen LogP contribution in [0.3, 0.4) is 0 Å². The summed E-state index contributed by atoms with van der Waals surface area (Å²) in [6, 6.07) is 5.15. The number of thioether (sulfide) groups is 1. The SMILES string of the molecule is C[C@H](N)c1nnc2n1NC(c1ccc(Cl)cc1Cl)=CS2. The van der Waals surface area contributed by atoms with Crippen molar-refractivity contribution in [3.63, 3.8) is 0 Å². The normalized spacial score (nSPS) is 15.3. The van der Waals surface area contributed by atoms with Gasteiger partial charge in [-0.15, -0.1) is 10.2 Å². The molecule has 0 fully saturated rings. The standard InChI is InChI=1S/C12H11Cl2N5S/c1-6(15)11-16-17-12-19(11)18-10(5-20-12)8-3-2-7(13)4-9(8)14/h2-6,18H,15H2,1H3/t6-/m0/s1. The van der Waals surface area contributed by atoms with E-state index in [9.17, 15) is 0 Å². The number of benzene rings is 1. The van der Waals surface area contributed by atoms with Crippen molar-refractivity contribution in [1.29, 1.82) is 0 Å². The fourth-order valence-corrected chi connectivity index (χ4v) is 3.09. The molecular weight excluding hydrogens is 317 g/mol. The Labute approximate surface area is 130 Å². The molecule has 0 aliphatic carbocycles. The van der Waals surface area contributed by atoms with Crippen LogP contribution < -0.4 is 11.2 Å². The Kier molecular flexibility index (Phi) is 3.64. The Balaban J connectivity index is 1.97. The molecule has 3 rings (SSSR count). The van der Waals surface area contributed by atoms with Crippen molar-refractivity contribution in [2.45, 2.75) is 18.1 Å². The van der Waals surface area contributed by atoms with Crippen LogP contribution in [0.5, 0.6) is 0 Å². The Hall–Kier alpha value is -1.21. The quantitative estimate of drug-likeness (QED) is 0.886. The first-order chi connectivity index (χ1) is 9.56. The van der Waals surface area contributed by atoms with Gasteiger partial charge in [0.1, 0.15) is 0 Å². The van der Waals surface area contributed by atoms with Gasteiger partial charge in [0.2, 0.25) is 5.16 Å². The molecule has 0 saturated carbocycles. The van der Waals surface area contributed by atoms with Crippen molar-refractivity contribution < 1.29 is 0 Å². The van der Waals surface area contributed by atoms with Crippen molar-refractivity contribution in [3.05, 3.63) is 45.0 Å². The number of rotatable bonds is 2. The summed E-state index contributed by atoms with van der Waals surface area (Å²) in [5.41, 5.74) is 10.8. The van der Waals surface area contributed by atoms with Crippen molar-refractivity contribution in [3.8, 4) is 0 Å². The zero-order chi connectivity index (χ0) is 14.3. The highest BCUT2D eigenvalue weighted by Crippen LogP contribution is 2.33. The predicted molar refractivity (Wildman–Crippen MR) is 82.3 cm³/mol. The maximum atomic E-state index is 6.23. The minimum absolute atomic E-state index is 0.218. The van der Waals surface area contributed by atoms with E-state index in [1.807, 2.05) is 18.4 Å². The molecule has 1 aromatic heterocycles. The Morgan fingerprint density at radius 3 is 2.85 bits per heavy atom. The van der Waals surface area contributed by atoms with Crippen molar-refractivity contribution in [2.75, 3.05) is 5.43 Å². The predicted octanol–water partition coefficient (Wildman–Crippen LogP) is 3.25. The molecule has 0 bridgehead atoms. The van der Waals surface area contributed by atoms with Gasteiger partial charge in [0.05, 0.1) is 16.8 Å². The molecule has 2 heterocycles. The van der Waals surface area contributed by atoms with Gasteiger partial charge in [-0.2, -0.15) is 0 Å². The van der Waals surface area contributed by atoms with Crippen molar-refractivity contribution >= 4 is 40.7 Å². The van der Waals surface area contributed by atoms with Gasteiger partial charge < -0.3 is 5.73 Å². The molecule has 20 heavy (non-hydrogen) atoms. The van der Waals surface area contributed by atoms with Crippen LogP contribution in [0.25, 0.3) is 5.70 Å². The van der Waals surface area contributed by atoms with Gasteiger partial charge in [0.25, 0.3) is 0 Å². The molecule has 1 aliphatic heterocycles. The summed E-state index contributed by atoms with van der Waals surface area (Å²) < 4.78 is 1.77. The van der Waals surface area contributed by atoms with E-state index in [1.165, 1.54) is 11.8 Å². The van der Waals surface area contributed by atoms with E-state index in [1.54, 1.807) is 16.8 Å². The van der Waals surface area contributed by atoms with Gasteiger partial charge in [0.15, 0.2) is 5.82 Å². The second kappa shape index (κ2) is 5.29. The maximum absolute atomic E-state index is 6.23. The first kappa shape index (κ1) is 13.8. The molecule has 2 aromatic rings. The van der Waals surface area contributed by atoms with Crippen LogP contribution in [0.1, 0.15) is 24.4 Å². The number of nitrogens with zero attached hydrogens (tertiary/aromatic N) is 3. The molecule has 0 amide bonds. The third-order valence-electron chi connectivity index (χ3n) is 2.80. The molecular formula is C12H11Cl2N5S. The number of nitrogens with two attached hydrogens (primary N) is 1. The second-order valence-electron chi connectivity index (χ2n) is 4.35. The van der Waals surface area contributed by atoms with Gasteiger partial charge in [-0.1, -0.05) is 35.0 Å². The molecule has 0 spiro atoms. The zero-order valence-corrected chi connectivity index (χ0v) is 12.8. The molecule has 1 aliphatic rings. The first-order valence-electron chi connectivity index (χ1n) is 5.86. The summed E-state index contributed by atoms with van der Waals surface area (Å²) >= 11 is 13.6. The number of fused-ring (bicyclic) bond motifs is 1. The second-order valence-corrected chi connectivity index (χ2v) is 6.03. The highest BCUT2D eigenvalue weighted by molar-refractivity contribution is 8.02. The molecule has 5 nitrogen and oxygen atoms in total. The fourth-order valence-electron chi connectivity index (χ4n) is 1.85. The smallest absolute Gasteiger partial charge is 0.214 e. The first-order valence-corrected chi connectivity index (χ1v) is 7.50. The zero-order valence-electron chi connectivity index (χ0n) is 10.5. The number of nitrogens with one attached hydrogen (secondary N) is 1. The Morgan fingerprint density at radius 1 is 1.35 bits per heavy atom. The lowest BCUT2D eigenvalue weighted by Crippen LogP contribution is -2.23. The van der Waals surface area contributed by atoms with Crippen molar-refractivity contribution in [2.24, 2.45) is 5.73 Å². The summed E-state index contributed by atoms with van der Waals surface area (Å²) in [7, 11) is 0. The van der Waals surface area contributed by atoms with E-state index in [-0.39, 0.29) is 6.04 Å². The van der Waals surface area contributed by atoms with E-state index >= 15 is 0 Å². The molecule has 0 radical (unpaired) electrons. The average molecular weight is 328 g/mol. The molecule has 8 heteroatoms. The summed E-state index contributed by atoms with van der Waals surface area (Å²) in [6.07, 6.45) is 0. The van der Waals surface area contributed by atoms with Gasteiger partial charge in [-0.05, 0) is 25.1 Å². The van der Waals surface area contributed by atoms with Gasteiger partial charge in [-0.25, -0.2) is 4.68 Å². The van der Waals surface area contributed by atoms with Crippen LogP contribution in [-0.4, -0.2) is 14.9 Å². The molecule has 0 saturated heterocycles. The van der Waals surface area contributed by atoms with E-state index in [0.29, 0.717) is 15.9 Å².